The first-order valence-corrected chi connectivity index (χ1v) is 8.78. The fourth-order valence-electron chi connectivity index (χ4n) is 2.09. The first kappa shape index (κ1) is 17.7. The molecule has 0 atom stereocenters. The number of hydrogen-bond acceptors (Lipinski definition) is 7. The summed E-state index contributed by atoms with van der Waals surface area (Å²) in [5.41, 5.74) is -0.308. The fraction of sp³-hybridized carbons (Fsp3) is 0.0769. The molecule has 136 valence electrons. The third-order valence-electron chi connectivity index (χ3n) is 3.09. The van der Waals surface area contributed by atoms with Gasteiger partial charge in [0.2, 0.25) is 11.8 Å². The Hall–Kier alpha value is -3.12. The van der Waals surface area contributed by atoms with Gasteiger partial charge in [0.15, 0.2) is 10.2 Å². The van der Waals surface area contributed by atoms with E-state index in [-0.39, 0.29) is 22.6 Å². The fourth-order valence-corrected chi connectivity index (χ4v) is 3.64. The zero-order valence-corrected chi connectivity index (χ0v) is 14.6. The number of urea groups is 1. The van der Waals surface area contributed by atoms with Gasteiger partial charge in [0.05, 0.1) is 13.2 Å². The number of aromatic nitrogens is 4. The number of hydrogen-bond donors (Lipinski definition) is 3. The van der Waals surface area contributed by atoms with Crippen LogP contribution in [0.25, 0.3) is 5.65 Å². The summed E-state index contributed by atoms with van der Waals surface area (Å²) in [6.07, 6.45) is 1.43. The summed E-state index contributed by atoms with van der Waals surface area (Å²) in [6.45, 7) is 0. The van der Waals surface area contributed by atoms with Crippen LogP contribution in [0.1, 0.15) is 0 Å². The van der Waals surface area contributed by atoms with E-state index >= 15 is 0 Å². The first-order valence-electron chi connectivity index (χ1n) is 6.92. The Kier molecular flexibility index (Phi) is 4.52. The van der Waals surface area contributed by atoms with E-state index in [0.717, 1.165) is 6.07 Å². The van der Waals surface area contributed by atoms with Crippen LogP contribution in [0, 0.1) is 0 Å². The molecule has 0 fully saturated rings. The Bertz CT molecular complexity index is 1160. The summed E-state index contributed by atoms with van der Waals surface area (Å²) in [7, 11) is -3.08. The van der Waals surface area contributed by atoms with Crippen LogP contribution in [0.4, 0.5) is 10.7 Å². The Morgan fingerprint density at radius 1 is 1.35 bits per heavy atom. The molecule has 0 aliphatic carbocycles. The van der Waals surface area contributed by atoms with Crippen LogP contribution >= 0.6 is 11.6 Å². The maximum atomic E-state index is 12.5. The molecule has 0 aliphatic heterocycles. The van der Waals surface area contributed by atoms with E-state index < -0.39 is 26.6 Å². The van der Waals surface area contributed by atoms with Gasteiger partial charge in [-0.25, -0.2) is 14.5 Å². The molecule has 3 aromatic rings. The minimum Gasteiger partial charge on any atom is -0.481 e. The van der Waals surface area contributed by atoms with Crippen LogP contribution in [0.5, 0.6) is 5.88 Å². The average molecular weight is 399 g/mol. The van der Waals surface area contributed by atoms with E-state index in [9.17, 15) is 18.0 Å². The smallest absolute Gasteiger partial charge is 0.335 e. The van der Waals surface area contributed by atoms with E-state index in [1.165, 1.54) is 17.7 Å². The van der Waals surface area contributed by atoms with Gasteiger partial charge in [-0.2, -0.15) is 13.4 Å². The molecule has 0 aliphatic rings. The lowest BCUT2D eigenvalue weighted by molar-refractivity contribution is 0.256. The summed E-state index contributed by atoms with van der Waals surface area (Å²) in [5, 5.41) is 1.39. The normalized spacial score (nSPS) is 11.3. The Balaban J connectivity index is 1.87. The number of fused-ring (bicyclic) bond motifs is 1. The molecule has 0 aromatic carbocycles. The number of amides is 2. The molecule has 3 rings (SSSR count). The van der Waals surface area contributed by atoms with Crippen LogP contribution < -0.4 is 20.3 Å². The highest BCUT2D eigenvalue weighted by molar-refractivity contribution is 7.90. The molecular formula is C13H11ClN6O5S. The third-order valence-corrected chi connectivity index (χ3v) is 4.82. The van der Waals surface area contributed by atoms with Crippen molar-refractivity contribution in [2.75, 3.05) is 12.4 Å². The number of nitrogens with zero attached hydrogens (tertiary/aromatic N) is 3. The molecule has 0 radical (unpaired) electrons. The van der Waals surface area contributed by atoms with Crippen LogP contribution in [-0.2, 0) is 10.0 Å². The topological polar surface area (TPSA) is 148 Å². The molecule has 0 bridgehead atoms. The number of sulfonamides is 1. The predicted molar refractivity (Wildman–Crippen MR) is 91.0 cm³/mol. The molecule has 3 N–H and O–H groups in total. The third kappa shape index (κ3) is 3.45. The van der Waals surface area contributed by atoms with Crippen molar-refractivity contribution in [1.82, 2.24) is 24.1 Å². The number of H-pyrrole nitrogens is 1. The van der Waals surface area contributed by atoms with Gasteiger partial charge in [-0.05, 0) is 12.1 Å². The van der Waals surface area contributed by atoms with Crippen LogP contribution in [0.15, 0.2) is 40.3 Å². The molecule has 2 amide bonds. The minimum atomic E-state index is -4.36. The standard InChI is InChI=1S/C13H11ClN6O5S/c1-25-9-6-8(21)16-12(17-9)18-13(22)19-26(23,24)11-10(14)15-7-4-2-3-5-20(7)11/h2-6H,1H3,(H3,16,17,18,19,21,22). The number of halogens is 1. The molecule has 26 heavy (non-hydrogen) atoms. The number of carbonyl (C=O) groups excluding carboxylic acids is 1. The summed E-state index contributed by atoms with van der Waals surface area (Å²) < 4.78 is 32.7. The van der Waals surface area contributed by atoms with Gasteiger partial charge in [-0.15, -0.1) is 0 Å². The lowest BCUT2D eigenvalue weighted by Gasteiger charge is -2.08. The molecule has 13 heteroatoms. The second-order valence-electron chi connectivity index (χ2n) is 4.83. The number of methoxy groups -OCH3 is 1. The van der Waals surface area contributed by atoms with E-state index in [1.807, 2.05) is 0 Å². The van der Waals surface area contributed by atoms with Gasteiger partial charge in [-0.1, -0.05) is 17.7 Å². The molecule has 3 aromatic heterocycles. The van der Waals surface area contributed by atoms with Crippen LogP contribution in [-0.4, -0.2) is 40.9 Å². The van der Waals surface area contributed by atoms with Gasteiger partial charge in [0.1, 0.15) is 5.65 Å². The van der Waals surface area contributed by atoms with E-state index in [1.54, 1.807) is 22.9 Å². The van der Waals surface area contributed by atoms with Crippen molar-refractivity contribution < 1.29 is 17.9 Å². The lowest BCUT2D eigenvalue weighted by atomic mass is 10.5. The summed E-state index contributed by atoms with van der Waals surface area (Å²) in [4.78, 5) is 33.3. The van der Waals surface area contributed by atoms with Crippen molar-refractivity contribution in [1.29, 1.82) is 0 Å². The van der Waals surface area contributed by atoms with Gasteiger partial charge >= 0.3 is 6.03 Å². The van der Waals surface area contributed by atoms with Crippen molar-refractivity contribution in [3.8, 4) is 5.88 Å². The quantitative estimate of drug-likeness (QED) is 0.582. The molecule has 0 spiro atoms. The van der Waals surface area contributed by atoms with Gasteiger partial charge < -0.3 is 4.74 Å². The highest BCUT2D eigenvalue weighted by atomic mass is 35.5. The van der Waals surface area contributed by atoms with Crippen molar-refractivity contribution in [2.24, 2.45) is 0 Å². The SMILES string of the molecule is COc1cc(=O)[nH]c(NC(=O)NS(=O)(=O)c2c(Cl)nc3ccccn23)n1. The van der Waals surface area contributed by atoms with Crippen molar-refractivity contribution in [3.63, 3.8) is 0 Å². The lowest BCUT2D eigenvalue weighted by Crippen LogP contribution is -2.36. The number of nitrogens with one attached hydrogen (secondary N) is 3. The zero-order chi connectivity index (χ0) is 18.9. The maximum Gasteiger partial charge on any atom is 0.335 e. The monoisotopic (exact) mass is 398 g/mol. The van der Waals surface area contributed by atoms with Crippen LogP contribution in [0.2, 0.25) is 5.15 Å². The van der Waals surface area contributed by atoms with Crippen molar-refractivity contribution in [2.45, 2.75) is 5.03 Å². The van der Waals surface area contributed by atoms with Crippen molar-refractivity contribution in [3.05, 3.63) is 46.0 Å². The Morgan fingerprint density at radius 2 is 2.12 bits per heavy atom. The molecule has 3 heterocycles. The Morgan fingerprint density at radius 3 is 2.85 bits per heavy atom. The van der Waals surface area contributed by atoms with Crippen molar-refractivity contribution >= 4 is 39.3 Å². The van der Waals surface area contributed by atoms with Gasteiger partial charge in [0, 0.05) is 6.20 Å². The van der Waals surface area contributed by atoms with E-state index in [2.05, 4.69) is 20.3 Å². The number of pyridine rings is 1. The minimum absolute atomic E-state index is 0.0586. The summed E-state index contributed by atoms with van der Waals surface area (Å²) >= 11 is 5.90. The Labute approximate surface area is 151 Å². The largest absolute Gasteiger partial charge is 0.481 e. The predicted octanol–water partition coefficient (Wildman–Crippen LogP) is 0.590. The number of imidazole rings is 1. The molecule has 0 unspecified atom stereocenters. The highest BCUT2D eigenvalue weighted by Gasteiger charge is 2.26. The summed E-state index contributed by atoms with van der Waals surface area (Å²) in [6, 6.07) is 4.67. The first-order chi connectivity index (χ1) is 12.3. The average Bonchev–Trinajstić information content (AvgIpc) is 2.89. The summed E-state index contributed by atoms with van der Waals surface area (Å²) in [5.74, 6) is -0.358. The molecule has 11 nitrogen and oxygen atoms in total. The zero-order valence-electron chi connectivity index (χ0n) is 13.1. The number of ether oxygens (including phenoxy) is 1. The second kappa shape index (κ2) is 6.65. The number of carbonyl (C=O) groups is 1. The highest BCUT2D eigenvalue weighted by Crippen LogP contribution is 2.22. The van der Waals surface area contributed by atoms with Gasteiger partial charge in [0.25, 0.3) is 15.6 Å². The molecule has 0 saturated heterocycles. The number of anilines is 1. The van der Waals surface area contributed by atoms with Crippen LogP contribution in [0.3, 0.4) is 0 Å². The van der Waals surface area contributed by atoms with E-state index in [4.69, 9.17) is 16.3 Å². The van der Waals surface area contributed by atoms with Gasteiger partial charge in [-0.3, -0.25) is 19.5 Å². The number of rotatable bonds is 4. The number of aromatic amines is 1. The van der Waals surface area contributed by atoms with E-state index in [0.29, 0.717) is 0 Å². The maximum absolute atomic E-state index is 12.5. The second-order valence-corrected chi connectivity index (χ2v) is 6.79. The molecular weight excluding hydrogens is 388 g/mol. The molecule has 0 saturated carbocycles.